The normalized spacial score (nSPS) is 19.0. The van der Waals surface area contributed by atoms with E-state index in [1.165, 1.54) is 4.70 Å². The van der Waals surface area contributed by atoms with Crippen LogP contribution in [0.2, 0.25) is 0 Å². The molecule has 1 heterocycles. The van der Waals surface area contributed by atoms with Gasteiger partial charge in [0.2, 0.25) is 0 Å². The van der Waals surface area contributed by atoms with Crippen molar-refractivity contribution in [3.05, 3.63) is 35.3 Å². The molecule has 0 atom stereocenters. The second kappa shape index (κ2) is 4.02. The number of carbonyl (C=O) groups is 1. The molecular formula is C15H15NOS. The summed E-state index contributed by atoms with van der Waals surface area (Å²) in [5.74, 6) is 0.254. The molecule has 3 heteroatoms. The first-order chi connectivity index (χ1) is 8.55. The van der Waals surface area contributed by atoms with Crippen molar-refractivity contribution < 1.29 is 4.79 Å². The van der Waals surface area contributed by atoms with Gasteiger partial charge in [-0.25, -0.2) is 4.98 Å². The first-order valence-corrected chi connectivity index (χ1v) is 7.03. The summed E-state index contributed by atoms with van der Waals surface area (Å²) in [6.07, 6.45) is 3.70. The fraction of sp³-hybridized carbons (Fsp3) is 0.333. The van der Waals surface area contributed by atoms with Crippen molar-refractivity contribution >= 4 is 32.9 Å². The van der Waals surface area contributed by atoms with Gasteiger partial charge in [0.15, 0.2) is 5.78 Å². The summed E-state index contributed by atoms with van der Waals surface area (Å²) in [6, 6.07) is 6.11. The van der Waals surface area contributed by atoms with Crippen LogP contribution in [0.3, 0.4) is 0 Å². The molecule has 2 aromatic rings. The minimum Gasteiger partial charge on any atom is -0.294 e. The molecule has 0 saturated carbocycles. The minimum absolute atomic E-state index is 0.111. The number of carbonyl (C=O) groups excluding carboxylic acids is 1. The molecule has 1 aromatic carbocycles. The lowest BCUT2D eigenvalue weighted by molar-refractivity contribution is -0.114. The third-order valence-electron chi connectivity index (χ3n) is 3.47. The number of nitrogens with zero attached hydrogens (tertiary/aromatic N) is 1. The minimum atomic E-state index is 0.111. The monoisotopic (exact) mass is 257 g/mol. The highest BCUT2D eigenvalue weighted by molar-refractivity contribution is 7.16. The number of hydrogen-bond acceptors (Lipinski definition) is 3. The molecule has 1 aromatic heterocycles. The Labute approximate surface area is 110 Å². The number of Topliss-reactive ketones (excluding diaryl/α,β-unsaturated/α-hetero) is 1. The van der Waals surface area contributed by atoms with E-state index in [-0.39, 0.29) is 11.2 Å². The molecule has 1 aliphatic carbocycles. The van der Waals surface area contributed by atoms with E-state index in [2.05, 4.69) is 31.0 Å². The molecular weight excluding hydrogens is 242 g/mol. The molecule has 3 rings (SSSR count). The quantitative estimate of drug-likeness (QED) is 0.771. The van der Waals surface area contributed by atoms with Crippen molar-refractivity contribution in [2.45, 2.75) is 26.7 Å². The van der Waals surface area contributed by atoms with E-state index in [9.17, 15) is 4.79 Å². The summed E-state index contributed by atoms with van der Waals surface area (Å²) in [4.78, 5) is 16.4. The van der Waals surface area contributed by atoms with Crippen LogP contribution < -0.4 is 0 Å². The van der Waals surface area contributed by atoms with Crippen LogP contribution in [0, 0.1) is 5.41 Å². The summed E-state index contributed by atoms with van der Waals surface area (Å²) in [7, 11) is 0. The first kappa shape index (κ1) is 11.6. The average molecular weight is 257 g/mol. The lowest BCUT2D eigenvalue weighted by Crippen LogP contribution is -2.19. The van der Waals surface area contributed by atoms with E-state index >= 15 is 0 Å². The summed E-state index contributed by atoms with van der Waals surface area (Å²) in [6.45, 7) is 4.36. The number of benzene rings is 1. The van der Waals surface area contributed by atoms with Gasteiger partial charge in [0.1, 0.15) is 0 Å². The van der Waals surface area contributed by atoms with Crippen molar-refractivity contribution in [3.8, 4) is 0 Å². The van der Waals surface area contributed by atoms with Crippen LogP contribution in [0.25, 0.3) is 15.8 Å². The summed E-state index contributed by atoms with van der Waals surface area (Å²) < 4.78 is 1.17. The molecule has 0 radical (unpaired) electrons. The van der Waals surface area contributed by atoms with Gasteiger partial charge >= 0.3 is 0 Å². The van der Waals surface area contributed by atoms with Crippen LogP contribution in [0.1, 0.15) is 32.3 Å². The Morgan fingerprint density at radius 2 is 2.17 bits per heavy atom. The molecule has 0 amide bonds. The molecule has 0 bridgehead atoms. The van der Waals surface area contributed by atoms with Gasteiger partial charge in [-0.3, -0.25) is 4.79 Å². The lowest BCUT2D eigenvalue weighted by Gasteiger charge is -2.26. The molecule has 18 heavy (non-hydrogen) atoms. The smallest absolute Gasteiger partial charge is 0.163 e. The van der Waals surface area contributed by atoms with Gasteiger partial charge in [-0.1, -0.05) is 26.0 Å². The lowest BCUT2D eigenvalue weighted by atomic mass is 9.77. The number of ketones is 1. The standard InChI is InChI=1S/C15H15NOS/c1-15(2)6-5-13(17)11(8-15)10-3-4-14-12(7-10)16-9-18-14/h3-4,7-9H,5-6H2,1-2H3. The number of rotatable bonds is 1. The zero-order valence-electron chi connectivity index (χ0n) is 10.6. The van der Waals surface area contributed by atoms with Gasteiger partial charge in [-0.05, 0) is 29.5 Å². The zero-order chi connectivity index (χ0) is 12.8. The van der Waals surface area contributed by atoms with Crippen LogP contribution in [0.15, 0.2) is 29.8 Å². The van der Waals surface area contributed by atoms with E-state index in [0.717, 1.165) is 23.1 Å². The van der Waals surface area contributed by atoms with Crippen molar-refractivity contribution in [2.24, 2.45) is 5.41 Å². The Balaban J connectivity index is 2.12. The third kappa shape index (κ3) is 1.99. The van der Waals surface area contributed by atoms with E-state index in [1.54, 1.807) is 11.3 Å². The van der Waals surface area contributed by atoms with Crippen molar-refractivity contribution in [1.29, 1.82) is 0 Å². The van der Waals surface area contributed by atoms with Crippen LogP contribution in [0.4, 0.5) is 0 Å². The molecule has 1 aliphatic rings. The number of aromatic nitrogens is 1. The maximum Gasteiger partial charge on any atom is 0.163 e. The van der Waals surface area contributed by atoms with E-state index in [0.29, 0.717) is 6.42 Å². The molecule has 0 saturated heterocycles. The van der Waals surface area contributed by atoms with Gasteiger partial charge in [0.05, 0.1) is 15.7 Å². The molecule has 0 N–H and O–H groups in total. The molecule has 0 unspecified atom stereocenters. The van der Waals surface area contributed by atoms with E-state index in [1.807, 2.05) is 17.6 Å². The zero-order valence-corrected chi connectivity index (χ0v) is 11.4. The van der Waals surface area contributed by atoms with Crippen LogP contribution >= 0.6 is 11.3 Å². The summed E-state index contributed by atoms with van der Waals surface area (Å²) in [5, 5.41) is 0. The largest absolute Gasteiger partial charge is 0.294 e. The number of allylic oxidation sites excluding steroid dienone is 2. The van der Waals surface area contributed by atoms with Crippen LogP contribution in [0.5, 0.6) is 0 Å². The topological polar surface area (TPSA) is 30.0 Å². The van der Waals surface area contributed by atoms with Gasteiger partial charge in [0.25, 0.3) is 0 Å². The van der Waals surface area contributed by atoms with Crippen LogP contribution in [-0.4, -0.2) is 10.8 Å². The molecule has 0 fully saturated rings. The Morgan fingerprint density at radius 1 is 1.33 bits per heavy atom. The Bertz CT molecular complexity index is 651. The number of thiazole rings is 1. The fourth-order valence-corrected chi connectivity index (χ4v) is 3.04. The van der Waals surface area contributed by atoms with Crippen molar-refractivity contribution in [3.63, 3.8) is 0 Å². The van der Waals surface area contributed by atoms with Gasteiger partial charge < -0.3 is 0 Å². The first-order valence-electron chi connectivity index (χ1n) is 6.15. The van der Waals surface area contributed by atoms with Crippen LogP contribution in [-0.2, 0) is 4.79 Å². The molecule has 92 valence electrons. The van der Waals surface area contributed by atoms with Gasteiger partial charge in [0, 0.05) is 12.0 Å². The SMILES string of the molecule is CC1(C)C=C(c2ccc3scnc3c2)C(=O)CC1. The second-order valence-electron chi connectivity index (χ2n) is 5.50. The maximum atomic E-state index is 12.1. The fourth-order valence-electron chi connectivity index (χ4n) is 2.38. The van der Waals surface area contributed by atoms with E-state index < -0.39 is 0 Å². The predicted octanol–water partition coefficient (Wildman–Crippen LogP) is 4.07. The second-order valence-corrected chi connectivity index (χ2v) is 6.39. The van der Waals surface area contributed by atoms with Crippen molar-refractivity contribution in [1.82, 2.24) is 4.98 Å². The third-order valence-corrected chi connectivity index (χ3v) is 4.28. The average Bonchev–Trinajstić information content (AvgIpc) is 2.79. The highest BCUT2D eigenvalue weighted by Crippen LogP contribution is 2.36. The van der Waals surface area contributed by atoms with Crippen molar-refractivity contribution in [2.75, 3.05) is 0 Å². The predicted molar refractivity (Wildman–Crippen MR) is 75.6 cm³/mol. The Hall–Kier alpha value is -1.48. The van der Waals surface area contributed by atoms with Gasteiger partial charge in [-0.15, -0.1) is 11.3 Å². The number of fused-ring (bicyclic) bond motifs is 1. The molecule has 0 aliphatic heterocycles. The summed E-state index contributed by atoms with van der Waals surface area (Å²) in [5.41, 5.74) is 4.80. The highest BCUT2D eigenvalue weighted by Gasteiger charge is 2.26. The Morgan fingerprint density at radius 3 is 3.00 bits per heavy atom. The molecule has 0 spiro atoms. The van der Waals surface area contributed by atoms with E-state index in [4.69, 9.17) is 0 Å². The number of hydrogen-bond donors (Lipinski definition) is 0. The van der Waals surface area contributed by atoms with Gasteiger partial charge in [-0.2, -0.15) is 0 Å². The molecule has 2 nitrogen and oxygen atoms in total. The summed E-state index contributed by atoms with van der Waals surface area (Å²) >= 11 is 1.63. The maximum absolute atomic E-state index is 12.1. The Kier molecular flexibility index (Phi) is 2.59. The highest BCUT2D eigenvalue weighted by atomic mass is 32.1.